The lowest BCUT2D eigenvalue weighted by atomic mass is 9.82. The molecule has 0 N–H and O–H groups in total. The molecule has 3 aromatic carbocycles. The summed E-state index contributed by atoms with van der Waals surface area (Å²) in [6.45, 7) is 0. The summed E-state index contributed by atoms with van der Waals surface area (Å²) in [5, 5.41) is 3.08. The smallest absolute Gasteiger partial charge is 0.174 e. The Bertz CT molecular complexity index is 1440. The second-order valence-electron chi connectivity index (χ2n) is 9.24. The van der Waals surface area contributed by atoms with Crippen molar-refractivity contribution in [1.82, 2.24) is 4.90 Å². The van der Waals surface area contributed by atoms with Crippen LogP contribution in [0.2, 0.25) is 0 Å². The Morgan fingerprint density at radius 1 is 0.892 bits per heavy atom. The van der Waals surface area contributed by atoms with Gasteiger partial charge >= 0.3 is 0 Å². The third kappa shape index (κ3) is 4.46. The molecule has 1 unspecified atom stereocenters. The van der Waals surface area contributed by atoms with Crippen molar-refractivity contribution < 1.29 is 13.9 Å². The van der Waals surface area contributed by atoms with Crippen LogP contribution in [0.15, 0.2) is 100 Å². The molecule has 6 rings (SSSR count). The van der Waals surface area contributed by atoms with Crippen LogP contribution in [-0.2, 0) is 0 Å². The van der Waals surface area contributed by atoms with Crippen molar-refractivity contribution in [3.8, 4) is 11.5 Å². The maximum atomic E-state index is 13.7. The maximum absolute atomic E-state index is 13.7. The van der Waals surface area contributed by atoms with E-state index in [1.807, 2.05) is 36.4 Å². The molecule has 1 aliphatic carbocycles. The molecule has 0 aromatic heterocycles. The monoisotopic (exact) mass is 510 g/mol. The summed E-state index contributed by atoms with van der Waals surface area (Å²) in [6.07, 6.45) is 5.28. The average Bonchev–Trinajstić information content (AvgIpc) is 3.36. The van der Waals surface area contributed by atoms with Crippen LogP contribution in [0.3, 0.4) is 0 Å². The van der Waals surface area contributed by atoms with E-state index >= 15 is 0 Å². The van der Waals surface area contributed by atoms with Gasteiger partial charge in [0, 0.05) is 5.41 Å². The molecule has 0 saturated carbocycles. The molecule has 3 aliphatic rings. The van der Waals surface area contributed by atoms with E-state index in [0.717, 1.165) is 58.5 Å². The first kappa shape index (κ1) is 23.6. The molecule has 2 aliphatic heterocycles. The Kier molecular flexibility index (Phi) is 6.35. The lowest BCUT2D eigenvalue weighted by Crippen LogP contribution is -2.34. The third-order valence-corrected chi connectivity index (χ3v) is 7.91. The minimum absolute atomic E-state index is 0.000670. The number of fused-ring (bicyclic) bond motifs is 1. The van der Waals surface area contributed by atoms with E-state index in [4.69, 9.17) is 14.5 Å². The highest BCUT2D eigenvalue weighted by atomic mass is 32.2. The fourth-order valence-electron chi connectivity index (χ4n) is 5.23. The summed E-state index contributed by atoms with van der Waals surface area (Å²) in [5.74, 6) is 1.44. The van der Waals surface area contributed by atoms with E-state index in [-0.39, 0.29) is 11.9 Å². The summed E-state index contributed by atoms with van der Waals surface area (Å²) in [6, 6.07) is 23.2. The third-order valence-electron chi connectivity index (χ3n) is 7.07. The van der Waals surface area contributed by atoms with Gasteiger partial charge in [0.1, 0.15) is 17.3 Å². The molecule has 0 fully saturated rings. The van der Waals surface area contributed by atoms with Crippen LogP contribution in [0, 0.1) is 5.82 Å². The van der Waals surface area contributed by atoms with Crippen molar-refractivity contribution in [2.75, 3.05) is 14.2 Å². The first-order valence-corrected chi connectivity index (χ1v) is 13.3. The quantitative estimate of drug-likeness (QED) is 0.350. The van der Waals surface area contributed by atoms with E-state index in [2.05, 4.69) is 40.6 Å². The SMILES string of the molecule is COc1ccc(/C=C2\CCCC3=C2N=C2SC=C(c4ccc(F)cc4)N2C3c2ccc(OC)cc2)cc1. The fourth-order valence-corrected chi connectivity index (χ4v) is 6.16. The van der Waals surface area contributed by atoms with Crippen LogP contribution >= 0.6 is 11.8 Å². The predicted molar refractivity (Wildman–Crippen MR) is 149 cm³/mol. The number of ether oxygens (including phenoxy) is 2. The molecule has 1 atom stereocenters. The number of hydrogen-bond donors (Lipinski definition) is 0. The standard InChI is InChI=1S/C31H27FN2O2S/c1-35-25-14-6-20(7-15-25)18-23-4-3-5-27-29(23)33-31-34(30(27)22-10-16-26(36-2)17-11-22)28(19-37-31)21-8-12-24(32)13-9-21/h6-19,30H,3-5H2,1-2H3/b23-18+. The van der Waals surface area contributed by atoms with Gasteiger partial charge in [-0.3, -0.25) is 0 Å². The van der Waals surface area contributed by atoms with Crippen molar-refractivity contribution in [3.05, 3.63) is 118 Å². The van der Waals surface area contributed by atoms with Gasteiger partial charge in [-0.1, -0.05) is 36.0 Å². The number of thioether (sulfide) groups is 1. The molecule has 0 bridgehead atoms. The van der Waals surface area contributed by atoms with Crippen LogP contribution in [0.4, 0.5) is 4.39 Å². The van der Waals surface area contributed by atoms with Gasteiger partial charge in [0.25, 0.3) is 0 Å². The van der Waals surface area contributed by atoms with Crippen LogP contribution in [-0.4, -0.2) is 24.3 Å². The van der Waals surface area contributed by atoms with Gasteiger partial charge in [-0.2, -0.15) is 0 Å². The first-order chi connectivity index (χ1) is 18.1. The van der Waals surface area contributed by atoms with E-state index in [0.29, 0.717) is 0 Å². The fraction of sp³-hybridized carbons (Fsp3) is 0.194. The van der Waals surface area contributed by atoms with Crippen LogP contribution in [0.5, 0.6) is 11.5 Å². The number of nitrogens with zero attached hydrogens (tertiary/aromatic N) is 2. The Morgan fingerprint density at radius 2 is 1.57 bits per heavy atom. The van der Waals surface area contributed by atoms with Gasteiger partial charge in [-0.05, 0) is 102 Å². The summed E-state index contributed by atoms with van der Waals surface area (Å²) in [4.78, 5) is 7.54. The molecule has 0 spiro atoms. The normalized spacial score (nSPS) is 19.8. The number of benzene rings is 3. The minimum Gasteiger partial charge on any atom is -0.497 e. The maximum Gasteiger partial charge on any atom is 0.174 e. The number of hydrogen-bond acceptors (Lipinski definition) is 5. The van der Waals surface area contributed by atoms with Crippen LogP contribution < -0.4 is 9.47 Å². The van der Waals surface area contributed by atoms with Crippen LogP contribution in [0.25, 0.3) is 11.8 Å². The predicted octanol–water partition coefficient (Wildman–Crippen LogP) is 7.82. The van der Waals surface area contributed by atoms with Gasteiger partial charge in [0.15, 0.2) is 5.17 Å². The number of halogens is 1. The van der Waals surface area contributed by atoms with Gasteiger partial charge in [0.2, 0.25) is 0 Å². The van der Waals surface area contributed by atoms with Crippen molar-refractivity contribution in [2.45, 2.75) is 25.3 Å². The molecular weight excluding hydrogens is 483 g/mol. The van der Waals surface area contributed by atoms with Crippen molar-refractivity contribution >= 4 is 28.7 Å². The minimum atomic E-state index is -0.236. The molecule has 186 valence electrons. The number of methoxy groups -OCH3 is 2. The van der Waals surface area contributed by atoms with E-state index in [1.54, 1.807) is 26.0 Å². The highest BCUT2D eigenvalue weighted by Crippen LogP contribution is 2.51. The Morgan fingerprint density at radius 3 is 2.24 bits per heavy atom. The highest BCUT2D eigenvalue weighted by molar-refractivity contribution is 8.16. The largest absolute Gasteiger partial charge is 0.497 e. The van der Waals surface area contributed by atoms with Crippen LogP contribution in [0.1, 0.15) is 42.0 Å². The van der Waals surface area contributed by atoms with Gasteiger partial charge in [-0.25, -0.2) is 9.38 Å². The lowest BCUT2D eigenvalue weighted by Gasteiger charge is -2.40. The lowest BCUT2D eigenvalue weighted by molar-refractivity contribution is 0.413. The average molecular weight is 511 g/mol. The molecule has 0 saturated heterocycles. The number of rotatable bonds is 5. The number of allylic oxidation sites excluding steroid dienone is 1. The highest BCUT2D eigenvalue weighted by Gasteiger charge is 2.40. The Labute approximate surface area is 220 Å². The van der Waals surface area contributed by atoms with Crippen molar-refractivity contribution in [3.63, 3.8) is 0 Å². The summed E-state index contributed by atoms with van der Waals surface area (Å²) < 4.78 is 24.5. The van der Waals surface area contributed by atoms with Crippen molar-refractivity contribution in [2.24, 2.45) is 4.99 Å². The molecule has 0 radical (unpaired) electrons. The van der Waals surface area contributed by atoms with Crippen molar-refractivity contribution in [1.29, 1.82) is 0 Å². The molecule has 37 heavy (non-hydrogen) atoms. The second kappa shape index (κ2) is 9.94. The summed E-state index contributed by atoms with van der Waals surface area (Å²) in [5.41, 5.74) is 8.01. The first-order valence-electron chi connectivity index (χ1n) is 12.4. The summed E-state index contributed by atoms with van der Waals surface area (Å²) >= 11 is 1.63. The van der Waals surface area contributed by atoms with Gasteiger partial charge < -0.3 is 14.4 Å². The zero-order valence-electron chi connectivity index (χ0n) is 20.8. The van der Waals surface area contributed by atoms with E-state index in [1.165, 1.54) is 28.8 Å². The Balaban J connectivity index is 1.46. The zero-order chi connectivity index (χ0) is 25.4. The second-order valence-corrected chi connectivity index (χ2v) is 10.1. The molecule has 3 aromatic rings. The van der Waals surface area contributed by atoms with Gasteiger partial charge in [0.05, 0.1) is 31.7 Å². The number of amidine groups is 1. The summed E-state index contributed by atoms with van der Waals surface area (Å²) in [7, 11) is 3.37. The zero-order valence-corrected chi connectivity index (χ0v) is 21.6. The molecule has 6 heteroatoms. The topological polar surface area (TPSA) is 34.1 Å². The molecule has 0 amide bonds. The van der Waals surface area contributed by atoms with E-state index < -0.39 is 0 Å². The molecular formula is C31H27FN2O2S. The van der Waals surface area contributed by atoms with Gasteiger partial charge in [-0.15, -0.1) is 0 Å². The number of aliphatic imine (C=N–C) groups is 1. The molecule has 4 nitrogen and oxygen atoms in total. The van der Waals surface area contributed by atoms with E-state index in [9.17, 15) is 4.39 Å². The Hall–Kier alpha value is -3.77. The molecule has 2 heterocycles.